The normalized spacial score (nSPS) is 13.9. The first-order valence-electron chi connectivity index (χ1n) is 9.41. The molecule has 1 aliphatic heterocycles. The number of nitrogens with zero attached hydrogens (tertiary/aromatic N) is 1. The Kier molecular flexibility index (Phi) is 4.29. The molecule has 0 unspecified atom stereocenters. The van der Waals surface area contributed by atoms with Crippen LogP contribution in [0.15, 0.2) is 54.6 Å². The Morgan fingerprint density at radius 3 is 2.54 bits per heavy atom. The van der Waals surface area contributed by atoms with Gasteiger partial charge in [0.1, 0.15) is 17.9 Å². The number of pyridine rings is 1. The van der Waals surface area contributed by atoms with E-state index in [9.17, 15) is 0 Å². The largest absolute Gasteiger partial charge is 0.338 e. The summed E-state index contributed by atoms with van der Waals surface area (Å²) in [6, 6.07) is 19.2. The molecule has 0 saturated carbocycles. The Bertz CT molecular complexity index is 913. The molecule has 26 heavy (non-hydrogen) atoms. The van der Waals surface area contributed by atoms with Crippen LogP contribution in [0.25, 0.3) is 10.9 Å². The molecule has 0 amide bonds. The Labute approximate surface area is 155 Å². The van der Waals surface area contributed by atoms with Crippen molar-refractivity contribution >= 4 is 28.1 Å². The van der Waals surface area contributed by atoms with Gasteiger partial charge in [-0.15, -0.1) is 0 Å². The van der Waals surface area contributed by atoms with E-state index in [1.165, 1.54) is 33.7 Å². The molecule has 0 fully saturated rings. The van der Waals surface area contributed by atoms with Crippen LogP contribution in [-0.2, 0) is 6.42 Å². The van der Waals surface area contributed by atoms with E-state index in [0.717, 1.165) is 19.6 Å². The third kappa shape index (κ3) is 3.25. The lowest BCUT2D eigenvalue weighted by molar-refractivity contribution is -0.712. The number of benzene rings is 2. The molecule has 2 heterocycles. The van der Waals surface area contributed by atoms with E-state index in [-0.39, 0.29) is 5.54 Å². The topological polar surface area (TPSA) is 46.0 Å². The van der Waals surface area contributed by atoms with Crippen LogP contribution in [0, 0.1) is 0 Å². The van der Waals surface area contributed by atoms with Gasteiger partial charge >= 0.3 is 0 Å². The Morgan fingerprint density at radius 2 is 1.77 bits per heavy atom. The lowest BCUT2D eigenvalue weighted by Gasteiger charge is -2.19. The van der Waals surface area contributed by atoms with Gasteiger partial charge in [0.05, 0.1) is 23.3 Å². The summed E-state index contributed by atoms with van der Waals surface area (Å²) in [5.41, 5.74) is 5.28. The van der Waals surface area contributed by atoms with Crippen LogP contribution in [0.3, 0.4) is 0 Å². The van der Waals surface area contributed by atoms with Crippen LogP contribution in [0.4, 0.5) is 17.2 Å². The Balaban J connectivity index is 1.76. The summed E-state index contributed by atoms with van der Waals surface area (Å²) in [7, 11) is 0. The first-order chi connectivity index (χ1) is 12.5. The van der Waals surface area contributed by atoms with Gasteiger partial charge in [-0.2, -0.15) is 0 Å². The van der Waals surface area contributed by atoms with Gasteiger partial charge in [-0.1, -0.05) is 30.3 Å². The molecule has 0 bridgehead atoms. The number of hydrogen-bond donors (Lipinski definition) is 2. The molecular formula is C22H28N4+2. The second kappa shape index (κ2) is 6.61. The molecule has 4 rings (SSSR count). The molecule has 0 radical (unpaired) electrons. The summed E-state index contributed by atoms with van der Waals surface area (Å²) in [6.07, 6.45) is 1.05. The number of fused-ring (bicyclic) bond motifs is 2. The van der Waals surface area contributed by atoms with Crippen molar-refractivity contribution in [1.29, 1.82) is 0 Å². The van der Waals surface area contributed by atoms with Crippen LogP contribution in [0.2, 0.25) is 0 Å². The second-order valence-corrected chi connectivity index (χ2v) is 8.06. The van der Waals surface area contributed by atoms with Crippen LogP contribution in [-0.4, -0.2) is 18.8 Å². The van der Waals surface area contributed by atoms with E-state index in [4.69, 9.17) is 0 Å². The summed E-state index contributed by atoms with van der Waals surface area (Å²) in [5.74, 6) is 1.22. The third-order valence-electron chi connectivity index (χ3n) is 4.95. The first-order valence-corrected chi connectivity index (χ1v) is 9.41. The maximum absolute atomic E-state index is 3.71. The summed E-state index contributed by atoms with van der Waals surface area (Å²) in [5, 5.41) is 7.32. The first kappa shape index (κ1) is 16.9. The van der Waals surface area contributed by atoms with Crippen molar-refractivity contribution in [1.82, 2.24) is 0 Å². The fraction of sp³-hybridized carbons (Fsp3) is 0.318. The minimum absolute atomic E-state index is 0.211. The molecule has 0 spiro atoms. The molecule has 134 valence electrons. The summed E-state index contributed by atoms with van der Waals surface area (Å²) in [4.78, 5) is 6.07. The number of nitrogens with one attached hydrogen (secondary N) is 2. The van der Waals surface area contributed by atoms with Crippen molar-refractivity contribution in [3.8, 4) is 0 Å². The SMILES string of the molecule is CC(C)(C)[NH2+]CNc1c2c([nH+]c3ccccc13)N(c1ccccc1)CC2. The number of hydrogen-bond acceptors (Lipinski definition) is 2. The van der Waals surface area contributed by atoms with E-state index in [1.54, 1.807) is 0 Å². The molecule has 4 N–H and O–H groups in total. The number of quaternary nitrogens is 1. The zero-order valence-electron chi connectivity index (χ0n) is 15.8. The van der Waals surface area contributed by atoms with E-state index in [2.05, 4.69) is 95.9 Å². The number of rotatable bonds is 4. The van der Waals surface area contributed by atoms with Gasteiger partial charge in [0.2, 0.25) is 0 Å². The van der Waals surface area contributed by atoms with Crippen LogP contribution in [0.5, 0.6) is 0 Å². The van der Waals surface area contributed by atoms with Crippen LogP contribution in [0.1, 0.15) is 26.3 Å². The number of para-hydroxylation sites is 2. The van der Waals surface area contributed by atoms with Crippen LogP contribution < -0.4 is 20.5 Å². The van der Waals surface area contributed by atoms with E-state index < -0.39 is 0 Å². The zero-order chi connectivity index (χ0) is 18.1. The lowest BCUT2D eigenvalue weighted by atomic mass is 10.1. The van der Waals surface area contributed by atoms with Gasteiger partial charge in [0.15, 0.2) is 0 Å². The van der Waals surface area contributed by atoms with Gasteiger partial charge in [-0.25, -0.2) is 9.88 Å². The van der Waals surface area contributed by atoms with Gasteiger partial charge in [-0.05, 0) is 45.0 Å². The van der Waals surface area contributed by atoms with Gasteiger partial charge in [-0.3, -0.25) is 0 Å². The molecule has 0 aliphatic carbocycles. The predicted molar refractivity (Wildman–Crippen MR) is 108 cm³/mol. The molecule has 4 heteroatoms. The fourth-order valence-corrected chi connectivity index (χ4v) is 3.63. The molecule has 4 nitrogen and oxygen atoms in total. The highest BCUT2D eigenvalue weighted by molar-refractivity contribution is 5.94. The highest BCUT2D eigenvalue weighted by Gasteiger charge is 2.33. The van der Waals surface area contributed by atoms with Crippen LogP contribution >= 0.6 is 0 Å². The molecule has 2 aromatic carbocycles. The molecule has 1 aromatic heterocycles. The Hall–Kier alpha value is -2.59. The summed E-state index contributed by atoms with van der Waals surface area (Å²) < 4.78 is 0. The van der Waals surface area contributed by atoms with Gasteiger partial charge < -0.3 is 10.6 Å². The standard InChI is InChI=1S/C22H26N4/c1-22(2,3)24-15-23-20-17-11-7-8-12-19(17)25-21-18(20)13-14-26(21)16-9-5-4-6-10-16/h4-12,24H,13-15H2,1-3H3,(H,23,25)/p+2. The quantitative estimate of drug-likeness (QED) is 0.712. The van der Waals surface area contributed by atoms with Crippen molar-refractivity contribution in [2.45, 2.75) is 32.7 Å². The van der Waals surface area contributed by atoms with E-state index >= 15 is 0 Å². The summed E-state index contributed by atoms with van der Waals surface area (Å²) in [6.45, 7) is 8.60. The molecule has 0 saturated heterocycles. The lowest BCUT2D eigenvalue weighted by Crippen LogP contribution is -2.95. The molecule has 1 aliphatic rings. The Morgan fingerprint density at radius 1 is 1.04 bits per heavy atom. The second-order valence-electron chi connectivity index (χ2n) is 8.06. The van der Waals surface area contributed by atoms with Crippen molar-refractivity contribution in [3.63, 3.8) is 0 Å². The van der Waals surface area contributed by atoms with E-state index in [1.807, 2.05) is 0 Å². The zero-order valence-corrected chi connectivity index (χ0v) is 15.8. The smallest absolute Gasteiger partial charge is 0.285 e. The minimum Gasteiger partial charge on any atom is -0.338 e. The highest BCUT2D eigenvalue weighted by Crippen LogP contribution is 2.38. The monoisotopic (exact) mass is 348 g/mol. The highest BCUT2D eigenvalue weighted by atomic mass is 15.2. The minimum atomic E-state index is 0.211. The van der Waals surface area contributed by atoms with Gasteiger partial charge in [0, 0.05) is 11.8 Å². The molecule has 0 atom stereocenters. The average Bonchev–Trinajstić information content (AvgIpc) is 3.04. The maximum Gasteiger partial charge on any atom is 0.285 e. The number of aromatic amines is 1. The van der Waals surface area contributed by atoms with Crippen molar-refractivity contribution in [2.75, 3.05) is 23.4 Å². The number of nitrogens with two attached hydrogens (primary N) is 1. The fourth-order valence-electron chi connectivity index (χ4n) is 3.63. The predicted octanol–water partition coefficient (Wildman–Crippen LogP) is 3.08. The van der Waals surface area contributed by atoms with Gasteiger partial charge in [0.25, 0.3) is 5.82 Å². The summed E-state index contributed by atoms with van der Waals surface area (Å²) >= 11 is 0. The average molecular weight is 348 g/mol. The number of H-pyrrole nitrogens is 1. The van der Waals surface area contributed by atoms with Crippen molar-refractivity contribution in [2.24, 2.45) is 0 Å². The van der Waals surface area contributed by atoms with Crippen molar-refractivity contribution in [3.05, 3.63) is 60.2 Å². The third-order valence-corrected chi connectivity index (χ3v) is 4.95. The maximum atomic E-state index is 3.71. The molecule has 3 aromatic rings. The number of aromatic nitrogens is 1. The van der Waals surface area contributed by atoms with Crippen molar-refractivity contribution < 1.29 is 10.3 Å². The van der Waals surface area contributed by atoms with E-state index in [0.29, 0.717) is 0 Å². The molecular weight excluding hydrogens is 320 g/mol. The number of anilines is 3.